The number of benzene rings is 1. The van der Waals surface area contributed by atoms with Crippen molar-refractivity contribution in [2.45, 2.75) is 32.0 Å². The van der Waals surface area contributed by atoms with E-state index < -0.39 is 11.6 Å². The molecule has 2 nitrogen and oxygen atoms in total. The molecule has 1 fully saturated rings. The second kappa shape index (κ2) is 4.89. The molecule has 0 amide bonds. The predicted octanol–water partition coefficient (Wildman–Crippen LogP) is 2.23. The first-order valence-corrected chi connectivity index (χ1v) is 5.46. The lowest BCUT2D eigenvalue weighted by atomic mass is 10.1. The average molecular weight is 227 g/mol. The maximum Gasteiger partial charge on any atom is 0.130 e. The smallest absolute Gasteiger partial charge is 0.130 e. The van der Waals surface area contributed by atoms with E-state index in [9.17, 15) is 8.78 Å². The summed E-state index contributed by atoms with van der Waals surface area (Å²) in [7, 11) is 0. The molecule has 88 valence electrons. The van der Waals surface area contributed by atoms with Crippen LogP contribution in [0.5, 0.6) is 0 Å². The van der Waals surface area contributed by atoms with Crippen LogP contribution in [0.4, 0.5) is 8.78 Å². The van der Waals surface area contributed by atoms with Crippen LogP contribution in [0.2, 0.25) is 0 Å². The summed E-state index contributed by atoms with van der Waals surface area (Å²) in [6.07, 6.45) is 0.992. The molecule has 1 aliphatic rings. The summed E-state index contributed by atoms with van der Waals surface area (Å²) in [5.41, 5.74) is 0.0987. The number of hydrogen-bond donors (Lipinski definition) is 1. The molecule has 1 saturated heterocycles. The van der Waals surface area contributed by atoms with E-state index >= 15 is 0 Å². The molecule has 1 aromatic rings. The van der Waals surface area contributed by atoms with Gasteiger partial charge in [-0.05, 0) is 25.5 Å². The molecule has 1 heterocycles. The third-order valence-corrected chi connectivity index (χ3v) is 2.98. The number of hydrogen-bond acceptors (Lipinski definition) is 2. The van der Waals surface area contributed by atoms with Gasteiger partial charge in [0.2, 0.25) is 0 Å². The van der Waals surface area contributed by atoms with Crippen molar-refractivity contribution >= 4 is 0 Å². The first kappa shape index (κ1) is 11.5. The Morgan fingerprint density at radius 2 is 2.06 bits per heavy atom. The second-order valence-corrected chi connectivity index (χ2v) is 4.05. The molecule has 1 aromatic carbocycles. The lowest BCUT2D eigenvalue weighted by Crippen LogP contribution is -2.34. The van der Waals surface area contributed by atoms with E-state index in [0.29, 0.717) is 6.61 Å². The van der Waals surface area contributed by atoms with Gasteiger partial charge in [0, 0.05) is 24.8 Å². The van der Waals surface area contributed by atoms with Gasteiger partial charge in [0.1, 0.15) is 11.6 Å². The van der Waals surface area contributed by atoms with Crippen LogP contribution in [-0.2, 0) is 11.3 Å². The van der Waals surface area contributed by atoms with Crippen molar-refractivity contribution < 1.29 is 13.5 Å². The summed E-state index contributed by atoms with van der Waals surface area (Å²) in [5.74, 6) is -1.00. The lowest BCUT2D eigenvalue weighted by molar-refractivity contribution is 0.113. The Morgan fingerprint density at radius 1 is 1.38 bits per heavy atom. The molecule has 2 rings (SSSR count). The molecule has 4 heteroatoms. The van der Waals surface area contributed by atoms with E-state index in [4.69, 9.17) is 4.74 Å². The summed E-state index contributed by atoms with van der Waals surface area (Å²) in [6.45, 7) is 2.87. The zero-order chi connectivity index (χ0) is 11.5. The van der Waals surface area contributed by atoms with Gasteiger partial charge in [-0.2, -0.15) is 0 Å². The van der Waals surface area contributed by atoms with E-state index in [2.05, 4.69) is 5.32 Å². The van der Waals surface area contributed by atoms with Crippen LogP contribution in [0.25, 0.3) is 0 Å². The second-order valence-electron chi connectivity index (χ2n) is 4.05. The van der Waals surface area contributed by atoms with Gasteiger partial charge in [0.05, 0.1) is 6.10 Å². The summed E-state index contributed by atoms with van der Waals surface area (Å²) in [4.78, 5) is 0. The van der Waals surface area contributed by atoms with Gasteiger partial charge in [-0.15, -0.1) is 0 Å². The topological polar surface area (TPSA) is 21.3 Å². The molecule has 1 N–H and O–H groups in total. The van der Waals surface area contributed by atoms with Crippen LogP contribution in [0.3, 0.4) is 0 Å². The van der Waals surface area contributed by atoms with E-state index in [1.807, 2.05) is 6.92 Å². The molecular weight excluding hydrogens is 212 g/mol. The number of nitrogens with one attached hydrogen (secondary N) is 1. The van der Waals surface area contributed by atoms with Crippen molar-refractivity contribution in [2.24, 2.45) is 0 Å². The Labute approximate surface area is 93.6 Å². The van der Waals surface area contributed by atoms with Gasteiger partial charge in [-0.25, -0.2) is 8.78 Å². The van der Waals surface area contributed by atoms with Crippen molar-refractivity contribution in [2.75, 3.05) is 6.61 Å². The minimum absolute atomic E-state index is 0.0987. The van der Waals surface area contributed by atoms with Crippen LogP contribution >= 0.6 is 0 Å². The van der Waals surface area contributed by atoms with Crippen LogP contribution in [0.15, 0.2) is 18.2 Å². The number of rotatable bonds is 3. The lowest BCUT2D eigenvalue weighted by Gasteiger charge is -2.16. The molecule has 0 bridgehead atoms. The van der Waals surface area contributed by atoms with Gasteiger partial charge in [0.25, 0.3) is 0 Å². The fourth-order valence-electron chi connectivity index (χ4n) is 1.93. The molecule has 0 spiro atoms. The number of ether oxygens (including phenoxy) is 1. The summed E-state index contributed by atoms with van der Waals surface area (Å²) in [6, 6.07) is 4.10. The van der Waals surface area contributed by atoms with Crippen LogP contribution in [-0.4, -0.2) is 18.8 Å². The predicted molar refractivity (Wildman–Crippen MR) is 57.0 cm³/mol. The van der Waals surface area contributed by atoms with Crippen LogP contribution in [0.1, 0.15) is 18.9 Å². The monoisotopic (exact) mass is 227 g/mol. The summed E-state index contributed by atoms with van der Waals surface area (Å²) in [5, 5.41) is 3.12. The fourth-order valence-corrected chi connectivity index (χ4v) is 1.93. The Balaban J connectivity index is 1.99. The Hall–Kier alpha value is -1.00. The molecule has 2 unspecified atom stereocenters. The quantitative estimate of drug-likeness (QED) is 0.855. The molecule has 1 aliphatic heterocycles. The Kier molecular flexibility index (Phi) is 3.51. The van der Waals surface area contributed by atoms with Crippen molar-refractivity contribution in [1.29, 1.82) is 0 Å². The third kappa shape index (κ3) is 2.39. The maximum atomic E-state index is 13.3. The zero-order valence-electron chi connectivity index (χ0n) is 9.17. The van der Waals surface area contributed by atoms with Crippen molar-refractivity contribution in [3.63, 3.8) is 0 Å². The summed E-state index contributed by atoms with van der Waals surface area (Å²) >= 11 is 0. The summed E-state index contributed by atoms with van der Waals surface area (Å²) < 4.78 is 32.0. The minimum Gasteiger partial charge on any atom is -0.377 e. The highest BCUT2D eigenvalue weighted by Crippen LogP contribution is 2.16. The SMILES string of the molecule is CC1OCCC1NCc1c(F)cccc1F. The fraction of sp³-hybridized carbons (Fsp3) is 0.500. The van der Waals surface area contributed by atoms with Gasteiger partial charge >= 0.3 is 0 Å². The highest BCUT2D eigenvalue weighted by Gasteiger charge is 2.24. The Bertz CT molecular complexity index is 350. The average Bonchev–Trinajstić information content (AvgIpc) is 2.64. The van der Waals surface area contributed by atoms with E-state index in [1.54, 1.807) is 0 Å². The molecule has 0 radical (unpaired) electrons. The van der Waals surface area contributed by atoms with Crippen LogP contribution in [0, 0.1) is 11.6 Å². The zero-order valence-corrected chi connectivity index (χ0v) is 9.17. The number of halogens is 2. The van der Waals surface area contributed by atoms with Crippen molar-refractivity contribution in [3.05, 3.63) is 35.4 Å². The van der Waals surface area contributed by atoms with Gasteiger partial charge < -0.3 is 10.1 Å². The van der Waals surface area contributed by atoms with E-state index in [0.717, 1.165) is 6.42 Å². The highest BCUT2D eigenvalue weighted by atomic mass is 19.1. The first-order valence-electron chi connectivity index (χ1n) is 5.46. The molecular formula is C12H15F2NO. The maximum absolute atomic E-state index is 13.3. The van der Waals surface area contributed by atoms with E-state index in [1.165, 1.54) is 18.2 Å². The van der Waals surface area contributed by atoms with Crippen molar-refractivity contribution in [3.8, 4) is 0 Å². The molecule has 0 aliphatic carbocycles. The van der Waals surface area contributed by atoms with Gasteiger partial charge in [0.15, 0.2) is 0 Å². The highest BCUT2D eigenvalue weighted by molar-refractivity contribution is 5.19. The molecule has 0 saturated carbocycles. The molecule has 2 atom stereocenters. The van der Waals surface area contributed by atoms with Gasteiger partial charge in [-0.1, -0.05) is 6.07 Å². The first-order chi connectivity index (χ1) is 7.68. The standard InChI is InChI=1S/C12H15F2NO/c1-8-12(5-6-16-8)15-7-9-10(13)3-2-4-11(9)14/h2-4,8,12,15H,5-7H2,1H3. The molecule has 16 heavy (non-hydrogen) atoms. The minimum atomic E-state index is -0.501. The largest absolute Gasteiger partial charge is 0.377 e. The van der Waals surface area contributed by atoms with E-state index in [-0.39, 0.29) is 24.3 Å². The van der Waals surface area contributed by atoms with Crippen LogP contribution < -0.4 is 5.32 Å². The Morgan fingerprint density at radius 3 is 2.62 bits per heavy atom. The van der Waals surface area contributed by atoms with Gasteiger partial charge in [-0.3, -0.25) is 0 Å². The molecule has 0 aromatic heterocycles. The van der Waals surface area contributed by atoms with Crippen molar-refractivity contribution in [1.82, 2.24) is 5.32 Å². The third-order valence-electron chi connectivity index (χ3n) is 2.98. The normalized spacial score (nSPS) is 24.9.